The van der Waals surface area contributed by atoms with Gasteiger partial charge < -0.3 is 18.3 Å². The van der Waals surface area contributed by atoms with E-state index in [1.165, 1.54) is 220 Å². The molecule has 628 valence electrons. The number of hydrogen-bond donors (Lipinski definition) is 0. The third-order valence-corrected chi connectivity index (χ3v) is 40.1. The minimum atomic E-state index is -2.79. The quantitative estimate of drug-likeness (QED) is 0.0720. The molecule has 0 saturated heterocycles. The lowest BCUT2D eigenvalue weighted by molar-refractivity contribution is 1.18. The molecule has 6 aromatic heterocycles. The van der Waals surface area contributed by atoms with E-state index in [4.69, 9.17) is 0 Å². The summed E-state index contributed by atoms with van der Waals surface area (Å²) in [6.07, 6.45) is 0. The lowest BCUT2D eigenvalue weighted by Crippen LogP contribution is -2.74. The number of aromatic nitrogens is 4. The highest BCUT2D eigenvalue weighted by molar-refractivity contribution is 7.27. The molecule has 0 fully saturated rings. The molecule has 0 spiro atoms. The van der Waals surface area contributed by atoms with E-state index in [-0.39, 0.29) is 0 Å². The summed E-state index contributed by atoms with van der Waals surface area (Å²) in [7, 11) is -5.46. The fraction of sp³-hybridized carbons (Fsp3) is 0. The predicted octanol–water partition coefficient (Wildman–Crippen LogP) is 28.3. The van der Waals surface area contributed by atoms with Crippen LogP contribution in [0.25, 0.3) is 184 Å². The molecule has 4 nitrogen and oxygen atoms in total. The second-order valence-electron chi connectivity index (χ2n) is 35.2. The van der Waals surface area contributed by atoms with Crippen molar-refractivity contribution in [3.63, 3.8) is 0 Å². The van der Waals surface area contributed by atoms with Gasteiger partial charge in [-0.15, -0.1) is 22.7 Å². The molecule has 6 heterocycles. The summed E-state index contributed by atoms with van der Waals surface area (Å²) in [5.74, 6) is 0. The molecule has 0 saturated carbocycles. The van der Waals surface area contributed by atoms with Gasteiger partial charge in [-0.3, -0.25) is 0 Å². The number of rotatable bonds is 15. The average Bonchev–Trinajstić information content (AvgIpc) is 1.63. The van der Waals surface area contributed by atoms with Gasteiger partial charge in [0.25, 0.3) is 0 Å². The van der Waals surface area contributed by atoms with Crippen LogP contribution < -0.4 is 41.5 Å². The van der Waals surface area contributed by atoms with Crippen molar-refractivity contribution in [2.45, 2.75) is 0 Å². The van der Waals surface area contributed by atoms with Crippen LogP contribution in [0.3, 0.4) is 0 Å². The van der Waals surface area contributed by atoms with Crippen LogP contribution >= 0.6 is 22.7 Å². The zero-order valence-electron chi connectivity index (χ0n) is 73.1. The van der Waals surface area contributed by atoms with Gasteiger partial charge in [0, 0.05) is 96.8 Å². The smallest absolute Gasteiger partial charge is 0.179 e. The Kier molecular flexibility index (Phi) is 19.0. The highest BCUT2D eigenvalue weighted by Crippen LogP contribution is 2.48. The van der Waals surface area contributed by atoms with Crippen molar-refractivity contribution in [3.05, 3.63) is 510 Å². The van der Waals surface area contributed by atoms with E-state index in [0.717, 1.165) is 5.69 Å². The van der Waals surface area contributed by atoms with Crippen LogP contribution in [0, 0.1) is 0 Å². The average molecular weight is 1770 g/mol. The highest BCUT2D eigenvalue weighted by atomic mass is 32.1. The van der Waals surface area contributed by atoms with Gasteiger partial charge in [0.2, 0.25) is 0 Å². The molecule has 0 aliphatic rings. The van der Waals surface area contributed by atoms with Gasteiger partial charge in [0.15, 0.2) is 16.1 Å². The van der Waals surface area contributed by atoms with Crippen molar-refractivity contribution >= 4 is 208 Å². The van der Waals surface area contributed by atoms with E-state index in [1.54, 1.807) is 0 Å². The van der Waals surface area contributed by atoms with E-state index in [0.29, 0.717) is 0 Å². The Bertz CT molecular complexity index is 9030. The van der Waals surface area contributed by atoms with Gasteiger partial charge in [-0.1, -0.05) is 388 Å². The molecule has 8 heteroatoms. The summed E-state index contributed by atoms with van der Waals surface area (Å²) >= 11 is 3.80. The summed E-state index contributed by atoms with van der Waals surface area (Å²) in [6.45, 7) is 0. The van der Waals surface area contributed by atoms with Gasteiger partial charge in [0.05, 0.1) is 53.5 Å². The number of nitrogens with zero attached hydrogens (tertiary/aromatic N) is 4. The molecular weight excluding hydrogens is 1690 g/mol. The first kappa shape index (κ1) is 78.7. The monoisotopic (exact) mass is 1770 g/mol. The molecule has 0 bridgehead atoms. The van der Waals surface area contributed by atoms with Crippen LogP contribution in [-0.2, 0) is 0 Å². The molecule has 0 radical (unpaired) electrons. The van der Waals surface area contributed by atoms with E-state index < -0.39 is 16.1 Å². The minimum absolute atomic E-state index is 1.14. The molecule has 0 aliphatic heterocycles. The Labute approximate surface area is 785 Å². The van der Waals surface area contributed by atoms with Crippen molar-refractivity contribution in [1.82, 2.24) is 18.3 Å². The largest absolute Gasteiger partial charge is 0.309 e. The first-order valence-corrected chi connectivity index (χ1v) is 51.7. The first-order valence-electron chi connectivity index (χ1n) is 46.1. The van der Waals surface area contributed by atoms with E-state index >= 15 is 0 Å². The van der Waals surface area contributed by atoms with E-state index in [9.17, 15) is 0 Å². The van der Waals surface area contributed by atoms with Gasteiger partial charge in [0.1, 0.15) is 0 Å². The van der Waals surface area contributed by atoms with Crippen LogP contribution in [0.4, 0.5) is 0 Å². The third kappa shape index (κ3) is 12.6. The molecular formula is C126H84N4S2Si2. The Morgan fingerprint density at radius 2 is 0.403 bits per heavy atom. The van der Waals surface area contributed by atoms with Crippen LogP contribution in [0.2, 0.25) is 0 Å². The standard InChI is InChI=1S/C66H44N2SSi.C60H40N2SSi/c1-5-19-49(20-6-1)68-63-41-35-48(44-60(63)57-38-39-58-56-29-14-16-31-64(56)69-66(58)65(57)68)47-34-40-62-59(43-47)55-28-13-15-30-61(55)67(62)50-36-32-45(33-37-50)46-18-17-27-54(42-46)70(51-21-7-2-8-22-51,52-23-9-3-10-24-52)53-25-11-4-12-26-53;1-5-18-43(19-6-1)61-55-30-15-13-28-49(55)53-38-41(32-36-56(53)61)42-33-37-57-54(39-42)51-34-35-52-50-29-14-16-31-58(50)63-60(52)59(51)62(57)44-20-17-27-48(40-44)64(45-21-7-2-8-22-45,46-23-9-3-10-24-46)47-25-11-4-12-26-47/h1-44H;1-40H. The Balaban J connectivity index is 0.000000140. The molecule has 21 aromatic carbocycles. The van der Waals surface area contributed by atoms with Crippen LogP contribution in [0.1, 0.15) is 0 Å². The summed E-state index contributed by atoms with van der Waals surface area (Å²) in [6, 6.07) is 190. The molecule has 0 amide bonds. The number of hydrogen-bond acceptors (Lipinski definition) is 2. The van der Waals surface area contributed by atoms with Gasteiger partial charge in [-0.25, -0.2) is 0 Å². The van der Waals surface area contributed by atoms with Crippen molar-refractivity contribution in [2.24, 2.45) is 0 Å². The first-order chi connectivity index (χ1) is 66.5. The maximum absolute atomic E-state index is 2.79. The molecule has 0 aliphatic carbocycles. The van der Waals surface area contributed by atoms with Gasteiger partial charge >= 0.3 is 0 Å². The summed E-state index contributed by atoms with van der Waals surface area (Å²) in [5.41, 5.74) is 21.7. The Morgan fingerprint density at radius 3 is 0.799 bits per heavy atom. The van der Waals surface area contributed by atoms with Crippen LogP contribution in [0.15, 0.2) is 510 Å². The number of thiophene rings is 2. The SMILES string of the molecule is c1ccc(-n2c3ccc(-c4ccc5c(c4)c4ccccc4n5-c4ccc(-c5cccc([Si](c6ccccc6)(c6ccccc6)c6ccccc6)c5)cc4)cc3c3ccc4c5ccccc5sc4c32)cc1.c1ccc(-n2c3ccccc3c3cc(-c4ccc5c(c4)c4ccc6c7ccccc7sc6c4n5-c4cccc([Si](c5ccccc5)(c5ccccc5)c5ccccc5)c4)ccc32)cc1. The summed E-state index contributed by atoms with van der Waals surface area (Å²) in [5, 5.41) is 26.2. The topological polar surface area (TPSA) is 19.7 Å². The lowest BCUT2D eigenvalue weighted by Gasteiger charge is -2.34. The molecule has 27 rings (SSSR count). The van der Waals surface area contributed by atoms with Crippen molar-refractivity contribution in [2.75, 3.05) is 0 Å². The number of fused-ring (bicyclic) bond motifs is 20. The van der Waals surface area contributed by atoms with Gasteiger partial charge in [-0.2, -0.15) is 0 Å². The van der Waals surface area contributed by atoms with Crippen molar-refractivity contribution in [1.29, 1.82) is 0 Å². The maximum atomic E-state index is 2.56. The van der Waals surface area contributed by atoms with Gasteiger partial charge in [-0.05, 0) is 196 Å². The molecule has 0 unspecified atom stereocenters. The third-order valence-electron chi connectivity index (χ3n) is 28.1. The fourth-order valence-corrected chi connectivity index (χ4v) is 34.3. The number of benzene rings is 21. The van der Waals surface area contributed by atoms with E-state index in [2.05, 4.69) is 528 Å². The van der Waals surface area contributed by atoms with E-state index in [1.807, 2.05) is 22.7 Å². The van der Waals surface area contributed by atoms with Crippen molar-refractivity contribution in [3.8, 4) is 56.1 Å². The molecule has 27 aromatic rings. The zero-order chi connectivity index (χ0) is 88.4. The fourth-order valence-electron chi connectivity index (χ4n) is 22.2. The van der Waals surface area contributed by atoms with Crippen LogP contribution in [-0.4, -0.2) is 34.4 Å². The van der Waals surface area contributed by atoms with Crippen LogP contribution in [0.5, 0.6) is 0 Å². The molecule has 0 N–H and O–H groups in total. The minimum Gasteiger partial charge on any atom is -0.309 e. The maximum Gasteiger partial charge on any atom is 0.179 e. The Hall–Kier alpha value is -16.3. The number of para-hydroxylation sites is 4. The predicted molar refractivity (Wildman–Crippen MR) is 580 cm³/mol. The highest BCUT2D eigenvalue weighted by Gasteiger charge is 2.43. The second kappa shape index (κ2) is 32.4. The summed E-state index contributed by atoms with van der Waals surface area (Å²) < 4.78 is 15.1. The lowest BCUT2D eigenvalue weighted by atomic mass is 10.0. The molecule has 0 atom stereocenters. The van der Waals surface area contributed by atoms with Crippen molar-refractivity contribution < 1.29 is 0 Å². The normalized spacial score (nSPS) is 12.0. The Morgan fingerprint density at radius 1 is 0.142 bits per heavy atom. The second-order valence-corrected chi connectivity index (χ2v) is 44.9. The zero-order valence-corrected chi connectivity index (χ0v) is 76.7. The summed E-state index contributed by atoms with van der Waals surface area (Å²) in [4.78, 5) is 0. The molecule has 134 heavy (non-hydrogen) atoms.